The molecule has 44 heavy (non-hydrogen) atoms. The first-order valence-electron chi connectivity index (χ1n) is 14.6. The number of carbonyl (C=O) groups is 3. The van der Waals surface area contributed by atoms with Gasteiger partial charge in [-0.1, -0.05) is 140 Å². The van der Waals surface area contributed by atoms with Crippen molar-refractivity contribution in [2.24, 2.45) is 11.8 Å². The molecule has 0 spiro atoms. The molecule has 7 rings (SSSR count). The Kier molecular flexibility index (Phi) is 6.59. The molecule has 5 aromatic carbocycles. The van der Waals surface area contributed by atoms with Crippen LogP contribution in [0.1, 0.15) is 22.3 Å². The smallest absolute Gasteiger partial charge is 0.229 e. The molecular weight excluding hydrogens is 546 g/mol. The highest BCUT2D eigenvalue weighted by Gasteiger charge is 2.78. The fourth-order valence-corrected chi connectivity index (χ4v) is 7.69. The molecular formula is C39H28NO4-. The number of carboxylic acids is 1. The summed E-state index contributed by atoms with van der Waals surface area (Å²) in [5.41, 5.74) is 0.901. The number of benzene rings is 5. The van der Waals surface area contributed by atoms with Crippen molar-refractivity contribution in [3.8, 4) is 0 Å². The van der Waals surface area contributed by atoms with Crippen molar-refractivity contribution >= 4 is 34.5 Å². The molecule has 1 fully saturated rings. The minimum absolute atomic E-state index is 0.345. The van der Waals surface area contributed by atoms with Crippen molar-refractivity contribution in [1.82, 2.24) is 0 Å². The van der Waals surface area contributed by atoms with E-state index in [0.717, 1.165) is 11.1 Å². The standard InChI is InChI=1S/C39H29NO4/c41-35(40-30-24-14-5-15-25-30)33-34(36(42)43)39(29-22-12-4-13-23-29)32(27-18-8-2-9-19-27)31(26-16-6-1-7-17-26)38(33,37(39)44)28-20-10-3-11-21-28/h1-25,33-34H,(H,40,41)(H,42,43)/p-1. The van der Waals surface area contributed by atoms with Gasteiger partial charge in [0, 0.05) is 17.6 Å². The zero-order valence-corrected chi connectivity index (χ0v) is 23.7. The van der Waals surface area contributed by atoms with Crippen LogP contribution in [-0.4, -0.2) is 17.7 Å². The molecule has 214 valence electrons. The van der Waals surface area contributed by atoms with Gasteiger partial charge in [0.2, 0.25) is 5.91 Å². The van der Waals surface area contributed by atoms with Crippen LogP contribution in [0.5, 0.6) is 0 Å². The van der Waals surface area contributed by atoms with Gasteiger partial charge in [-0.15, -0.1) is 0 Å². The van der Waals surface area contributed by atoms with Gasteiger partial charge in [0.1, 0.15) is 0 Å². The molecule has 4 atom stereocenters. The first kappa shape index (κ1) is 27.3. The number of carboxylic acid groups (broad SMARTS) is 1. The quantitative estimate of drug-likeness (QED) is 0.271. The monoisotopic (exact) mass is 574 g/mol. The molecule has 0 aliphatic heterocycles. The van der Waals surface area contributed by atoms with Crippen LogP contribution in [0.25, 0.3) is 11.1 Å². The Morgan fingerprint density at radius 3 is 1.30 bits per heavy atom. The summed E-state index contributed by atoms with van der Waals surface area (Å²) in [5.74, 6) is -5.19. The summed E-state index contributed by atoms with van der Waals surface area (Å²) in [7, 11) is 0. The number of Topliss-reactive ketones (excluding diaryl/α,β-unsaturated/α-hetero) is 1. The number of ketones is 1. The first-order chi connectivity index (χ1) is 21.5. The third kappa shape index (κ3) is 3.75. The summed E-state index contributed by atoms with van der Waals surface area (Å²) in [5, 5.41) is 16.6. The van der Waals surface area contributed by atoms with Crippen LogP contribution in [0.15, 0.2) is 152 Å². The van der Waals surface area contributed by atoms with Crippen LogP contribution in [0.2, 0.25) is 0 Å². The zero-order valence-electron chi connectivity index (χ0n) is 23.7. The number of nitrogens with one attached hydrogen (secondary N) is 1. The first-order valence-corrected chi connectivity index (χ1v) is 14.6. The normalized spacial score (nSPS) is 23.9. The molecule has 5 heteroatoms. The number of anilines is 1. The van der Waals surface area contributed by atoms with E-state index in [-0.39, 0.29) is 5.78 Å². The average Bonchev–Trinajstić information content (AvgIpc) is 3.46. The fourth-order valence-electron chi connectivity index (χ4n) is 7.69. The molecule has 4 unspecified atom stereocenters. The summed E-state index contributed by atoms with van der Waals surface area (Å²) in [6.07, 6.45) is 0. The van der Waals surface area contributed by atoms with E-state index in [1.54, 1.807) is 48.5 Å². The van der Waals surface area contributed by atoms with Crippen LogP contribution in [0.4, 0.5) is 5.69 Å². The summed E-state index contributed by atoms with van der Waals surface area (Å²) < 4.78 is 0. The number of hydrogen-bond donors (Lipinski definition) is 1. The summed E-state index contributed by atoms with van der Waals surface area (Å²) in [4.78, 5) is 44.0. The van der Waals surface area contributed by atoms with Gasteiger partial charge in [0.25, 0.3) is 0 Å². The highest BCUT2D eigenvalue weighted by molar-refractivity contribution is 6.33. The molecule has 2 bridgehead atoms. The molecule has 0 radical (unpaired) electrons. The minimum Gasteiger partial charge on any atom is -0.550 e. The maximum absolute atomic E-state index is 15.7. The van der Waals surface area contributed by atoms with Crippen molar-refractivity contribution in [1.29, 1.82) is 0 Å². The van der Waals surface area contributed by atoms with Gasteiger partial charge in [0.05, 0.1) is 16.7 Å². The Morgan fingerprint density at radius 1 is 0.523 bits per heavy atom. The molecule has 5 aromatic rings. The molecule has 2 aliphatic carbocycles. The van der Waals surface area contributed by atoms with Crippen molar-refractivity contribution in [2.45, 2.75) is 10.8 Å². The van der Waals surface area contributed by atoms with Crippen LogP contribution < -0.4 is 10.4 Å². The SMILES string of the molecule is O=C([O-])C1C(C(=O)Nc2ccccc2)C2(c3ccccc3)C(=O)C1(c1ccccc1)C(c1ccccc1)=C2c1ccccc1. The average molecular weight is 575 g/mol. The third-order valence-electron chi connectivity index (χ3n) is 9.18. The predicted octanol–water partition coefficient (Wildman–Crippen LogP) is 5.69. The van der Waals surface area contributed by atoms with Gasteiger partial charge in [-0.25, -0.2) is 0 Å². The minimum atomic E-state index is -1.72. The van der Waals surface area contributed by atoms with Crippen molar-refractivity contribution < 1.29 is 19.5 Å². The Hall–Kier alpha value is -5.55. The Balaban J connectivity index is 1.67. The number of carbonyl (C=O) groups excluding carboxylic acids is 3. The highest BCUT2D eigenvalue weighted by atomic mass is 16.4. The lowest BCUT2D eigenvalue weighted by Crippen LogP contribution is -2.52. The van der Waals surface area contributed by atoms with E-state index in [1.165, 1.54) is 0 Å². The van der Waals surface area contributed by atoms with E-state index >= 15 is 4.79 Å². The number of amides is 1. The lowest BCUT2D eigenvalue weighted by atomic mass is 9.58. The van der Waals surface area contributed by atoms with E-state index in [9.17, 15) is 14.7 Å². The van der Waals surface area contributed by atoms with E-state index in [0.29, 0.717) is 28.0 Å². The van der Waals surface area contributed by atoms with E-state index in [2.05, 4.69) is 5.32 Å². The molecule has 0 saturated heterocycles. The van der Waals surface area contributed by atoms with Gasteiger partial charge < -0.3 is 15.2 Å². The van der Waals surface area contributed by atoms with Crippen molar-refractivity contribution in [3.63, 3.8) is 0 Å². The molecule has 1 amide bonds. The van der Waals surface area contributed by atoms with Crippen molar-refractivity contribution in [2.75, 3.05) is 5.32 Å². The second-order valence-corrected chi connectivity index (χ2v) is 11.3. The molecule has 0 aromatic heterocycles. The van der Waals surface area contributed by atoms with Crippen molar-refractivity contribution in [3.05, 3.63) is 174 Å². The van der Waals surface area contributed by atoms with E-state index < -0.39 is 34.5 Å². The Bertz CT molecular complexity index is 1890. The molecule has 0 heterocycles. The van der Waals surface area contributed by atoms with Crippen LogP contribution in [-0.2, 0) is 25.2 Å². The predicted molar refractivity (Wildman–Crippen MR) is 168 cm³/mol. The third-order valence-corrected chi connectivity index (χ3v) is 9.18. The number of hydrogen-bond acceptors (Lipinski definition) is 4. The number of para-hydroxylation sites is 1. The summed E-state index contributed by atoms with van der Waals surface area (Å²) >= 11 is 0. The number of allylic oxidation sites excluding steroid dienone is 2. The van der Waals surface area contributed by atoms with Crippen LogP contribution in [0, 0.1) is 11.8 Å². The number of rotatable bonds is 7. The van der Waals surface area contributed by atoms with E-state index in [4.69, 9.17) is 0 Å². The van der Waals surface area contributed by atoms with Gasteiger partial charge >= 0.3 is 0 Å². The Labute approximate surface area is 255 Å². The highest BCUT2D eigenvalue weighted by Crippen LogP contribution is 2.72. The van der Waals surface area contributed by atoms with Crippen LogP contribution in [0.3, 0.4) is 0 Å². The largest absolute Gasteiger partial charge is 0.550 e. The molecule has 1 N–H and O–H groups in total. The second-order valence-electron chi connectivity index (χ2n) is 11.3. The lowest BCUT2D eigenvalue weighted by molar-refractivity contribution is -0.314. The fraction of sp³-hybridized carbons (Fsp3) is 0.103. The molecule has 1 saturated carbocycles. The van der Waals surface area contributed by atoms with E-state index in [1.807, 2.05) is 103 Å². The summed E-state index contributed by atoms with van der Waals surface area (Å²) in [6.45, 7) is 0. The number of aliphatic carboxylic acids is 1. The van der Waals surface area contributed by atoms with Crippen LogP contribution >= 0.6 is 0 Å². The lowest BCUT2D eigenvalue weighted by Gasteiger charge is -2.44. The van der Waals surface area contributed by atoms with Gasteiger partial charge in [-0.3, -0.25) is 9.59 Å². The zero-order chi connectivity index (χ0) is 30.3. The van der Waals surface area contributed by atoms with Gasteiger partial charge in [-0.05, 0) is 45.5 Å². The summed E-state index contributed by atoms with van der Waals surface area (Å²) in [6, 6.07) is 46.0. The topological polar surface area (TPSA) is 86.3 Å². The number of fused-ring (bicyclic) bond motifs is 2. The Morgan fingerprint density at radius 2 is 0.886 bits per heavy atom. The maximum atomic E-state index is 15.7. The molecule has 2 aliphatic rings. The van der Waals surface area contributed by atoms with Gasteiger partial charge in [0.15, 0.2) is 5.78 Å². The molecule has 5 nitrogen and oxygen atoms in total. The van der Waals surface area contributed by atoms with Gasteiger partial charge in [-0.2, -0.15) is 0 Å². The second kappa shape index (κ2) is 10.6. The maximum Gasteiger partial charge on any atom is 0.229 e.